The van der Waals surface area contributed by atoms with Crippen LogP contribution in [0.1, 0.15) is 31.4 Å². The van der Waals surface area contributed by atoms with Gasteiger partial charge in [0.25, 0.3) is 5.91 Å². The molecule has 1 amide bonds. The van der Waals surface area contributed by atoms with Gasteiger partial charge in [-0.3, -0.25) is 4.79 Å². The van der Waals surface area contributed by atoms with Gasteiger partial charge in [-0.25, -0.2) is 0 Å². The first kappa shape index (κ1) is 24.3. The minimum absolute atomic E-state index is 0.0710. The van der Waals surface area contributed by atoms with Crippen molar-refractivity contribution in [3.8, 4) is 17.6 Å². The van der Waals surface area contributed by atoms with Gasteiger partial charge in [-0.2, -0.15) is 18.4 Å². The molecule has 5 nitrogen and oxygen atoms in total. The lowest BCUT2D eigenvalue weighted by molar-refractivity contribution is -0.137. The zero-order valence-corrected chi connectivity index (χ0v) is 18.4. The maximum absolute atomic E-state index is 12.9. The molecule has 0 bridgehead atoms. The number of halogens is 4. The van der Waals surface area contributed by atoms with E-state index in [2.05, 4.69) is 21.2 Å². The number of amides is 1. The summed E-state index contributed by atoms with van der Waals surface area (Å²) in [5.74, 6) is 0.124. The molecule has 2 rings (SSSR count). The Hall–Kier alpha value is -2.99. The van der Waals surface area contributed by atoms with Crippen molar-refractivity contribution in [3.05, 3.63) is 57.6 Å². The second-order valence-electron chi connectivity index (χ2n) is 6.30. The lowest BCUT2D eigenvalue weighted by atomic mass is 10.1. The van der Waals surface area contributed by atoms with Gasteiger partial charge in [-0.05, 0) is 55.3 Å². The van der Waals surface area contributed by atoms with Crippen molar-refractivity contribution in [2.75, 3.05) is 18.5 Å². The van der Waals surface area contributed by atoms with Gasteiger partial charge >= 0.3 is 6.18 Å². The van der Waals surface area contributed by atoms with Crippen molar-refractivity contribution >= 4 is 33.6 Å². The molecule has 0 radical (unpaired) electrons. The van der Waals surface area contributed by atoms with E-state index in [1.54, 1.807) is 18.2 Å². The van der Waals surface area contributed by atoms with E-state index in [0.29, 0.717) is 34.7 Å². The Kier molecular flexibility index (Phi) is 8.51. The van der Waals surface area contributed by atoms with Crippen LogP contribution in [0.15, 0.2) is 46.4 Å². The average molecular weight is 497 g/mol. The smallest absolute Gasteiger partial charge is 0.416 e. The molecule has 0 unspecified atom stereocenters. The molecule has 1 N–H and O–H groups in total. The maximum Gasteiger partial charge on any atom is 0.416 e. The summed E-state index contributed by atoms with van der Waals surface area (Å²) in [4.78, 5) is 12.5. The molecule has 0 heterocycles. The molecule has 0 aromatic heterocycles. The molecule has 9 heteroatoms. The zero-order chi connectivity index (χ0) is 23.0. The van der Waals surface area contributed by atoms with Crippen LogP contribution in [0.25, 0.3) is 6.08 Å². The van der Waals surface area contributed by atoms with Crippen LogP contribution in [0.4, 0.5) is 18.9 Å². The molecule has 0 saturated heterocycles. The molecule has 2 aromatic rings. The number of rotatable bonds is 8. The molecular weight excluding hydrogens is 477 g/mol. The first-order valence-electron chi connectivity index (χ1n) is 9.39. The third-order valence-electron chi connectivity index (χ3n) is 3.94. The fourth-order valence-electron chi connectivity index (χ4n) is 2.53. The van der Waals surface area contributed by atoms with Crippen molar-refractivity contribution < 1.29 is 27.4 Å². The average Bonchev–Trinajstić information content (AvgIpc) is 2.72. The number of nitriles is 1. The number of carbonyl (C=O) groups is 1. The first-order chi connectivity index (χ1) is 14.7. The lowest BCUT2D eigenvalue weighted by Crippen LogP contribution is -2.14. The van der Waals surface area contributed by atoms with Gasteiger partial charge in [0.15, 0.2) is 11.5 Å². The summed E-state index contributed by atoms with van der Waals surface area (Å²) in [5, 5.41) is 11.7. The van der Waals surface area contributed by atoms with E-state index in [9.17, 15) is 23.2 Å². The van der Waals surface area contributed by atoms with E-state index in [1.807, 2.05) is 13.8 Å². The molecule has 0 spiro atoms. The SMILES string of the molecule is CCCOc1cc(Br)c(C=C(C#N)C(=O)Nc2cccc(C(F)(F)F)c2)cc1OCC. The Balaban J connectivity index is 2.33. The van der Waals surface area contributed by atoms with E-state index >= 15 is 0 Å². The molecule has 0 saturated carbocycles. The highest BCUT2D eigenvalue weighted by atomic mass is 79.9. The van der Waals surface area contributed by atoms with Crippen LogP contribution in [0, 0.1) is 11.3 Å². The summed E-state index contributed by atoms with van der Waals surface area (Å²) in [5.41, 5.74) is -0.788. The van der Waals surface area contributed by atoms with E-state index in [4.69, 9.17) is 9.47 Å². The Bertz CT molecular complexity index is 1010. The van der Waals surface area contributed by atoms with Gasteiger partial charge in [0.1, 0.15) is 11.6 Å². The van der Waals surface area contributed by atoms with Gasteiger partial charge in [0, 0.05) is 10.2 Å². The summed E-state index contributed by atoms with van der Waals surface area (Å²) < 4.78 is 50.4. The van der Waals surface area contributed by atoms with Crippen molar-refractivity contribution in [2.45, 2.75) is 26.4 Å². The van der Waals surface area contributed by atoms with Crippen LogP contribution in [0.3, 0.4) is 0 Å². The summed E-state index contributed by atoms with van der Waals surface area (Å²) >= 11 is 3.38. The Labute approximate surface area is 186 Å². The number of ether oxygens (including phenoxy) is 2. The highest BCUT2D eigenvalue weighted by Crippen LogP contribution is 2.35. The molecular formula is C22H20BrF3N2O3. The van der Waals surface area contributed by atoms with Crippen LogP contribution < -0.4 is 14.8 Å². The quantitative estimate of drug-likeness (QED) is 0.348. The minimum Gasteiger partial charge on any atom is -0.490 e. The normalized spacial score (nSPS) is 11.6. The van der Waals surface area contributed by atoms with E-state index < -0.39 is 17.6 Å². The highest BCUT2D eigenvalue weighted by molar-refractivity contribution is 9.10. The van der Waals surface area contributed by atoms with Crippen molar-refractivity contribution in [3.63, 3.8) is 0 Å². The Morgan fingerprint density at radius 3 is 2.52 bits per heavy atom. The number of hydrogen-bond donors (Lipinski definition) is 1. The van der Waals surface area contributed by atoms with Crippen molar-refractivity contribution in [2.24, 2.45) is 0 Å². The van der Waals surface area contributed by atoms with Crippen molar-refractivity contribution in [1.29, 1.82) is 5.26 Å². The van der Waals surface area contributed by atoms with Gasteiger partial charge in [0.05, 0.1) is 18.8 Å². The number of nitrogens with zero attached hydrogens (tertiary/aromatic N) is 1. The van der Waals surface area contributed by atoms with Crippen LogP contribution in [0.5, 0.6) is 11.5 Å². The lowest BCUT2D eigenvalue weighted by Gasteiger charge is -2.14. The van der Waals surface area contributed by atoms with Crippen LogP contribution in [-0.4, -0.2) is 19.1 Å². The number of alkyl halides is 3. The molecule has 164 valence electrons. The summed E-state index contributed by atoms with van der Waals surface area (Å²) in [6, 6.07) is 9.25. The first-order valence-corrected chi connectivity index (χ1v) is 10.2. The summed E-state index contributed by atoms with van der Waals surface area (Å²) in [6.07, 6.45) is -2.42. The van der Waals surface area contributed by atoms with Gasteiger partial charge in [-0.1, -0.05) is 28.9 Å². The van der Waals surface area contributed by atoms with Crippen LogP contribution in [0.2, 0.25) is 0 Å². The van der Waals surface area contributed by atoms with E-state index in [-0.39, 0.29) is 11.3 Å². The second kappa shape index (κ2) is 10.9. The molecule has 2 aromatic carbocycles. The largest absolute Gasteiger partial charge is 0.490 e. The van der Waals surface area contributed by atoms with Gasteiger partial charge in [0.2, 0.25) is 0 Å². The molecule has 0 fully saturated rings. The fourth-order valence-corrected chi connectivity index (χ4v) is 2.97. The van der Waals surface area contributed by atoms with Crippen LogP contribution in [-0.2, 0) is 11.0 Å². The number of hydrogen-bond acceptors (Lipinski definition) is 4. The highest BCUT2D eigenvalue weighted by Gasteiger charge is 2.30. The molecule has 0 aliphatic heterocycles. The van der Waals surface area contributed by atoms with Crippen molar-refractivity contribution in [1.82, 2.24) is 0 Å². The number of nitrogens with one attached hydrogen (secondary N) is 1. The minimum atomic E-state index is -4.54. The second-order valence-corrected chi connectivity index (χ2v) is 7.16. The van der Waals surface area contributed by atoms with Gasteiger partial charge < -0.3 is 14.8 Å². The van der Waals surface area contributed by atoms with E-state index in [1.165, 1.54) is 18.2 Å². The number of benzene rings is 2. The van der Waals surface area contributed by atoms with E-state index in [0.717, 1.165) is 18.6 Å². The topological polar surface area (TPSA) is 71.3 Å². The molecule has 0 aliphatic rings. The fraction of sp³-hybridized carbons (Fsp3) is 0.273. The Morgan fingerprint density at radius 2 is 1.90 bits per heavy atom. The van der Waals surface area contributed by atoms with Gasteiger partial charge in [-0.15, -0.1) is 0 Å². The predicted molar refractivity (Wildman–Crippen MR) is 115 cm³/mol. The third-order valence-corrected chi connectivity index (χ3v) is 4.62. The monoisotopic (exact) mass is 496 g/mol. The maximum atomic E-state index is 12.9. The molecule has 31 heavy (non-hydrogen) atoms. The zero-order valence-electron chi connectivity index (χ0n) is 16.8. The Morgan fingerprint density at radius 1 is 1.19 bits per heavy atom. The molecule has 0 atom stereocenters. The van der Waals surface area contributed by atoms with Crippen LogP contribution >= 0.6 is 15.9 Å². The third kappa shape index (κ3) is 6.76. The molecule has 0 aliphatic carbocycles. The number of carbonyl (C=O) groups excluding carboxylic acids is 1. The standard InChI is InChI=1S/C22H20BrF3N2O3/c1-3-8-31-20-12-18(23)14(10-19(20)30-4-2)9-15(13-27)21(29)28-17-7-5-6-16(11-17)22(24,25)26/h5-7,9-12H,3-4,8H2,1-2H3,(H,28,29). The summed E-state index contributed by atoms with van der Waals surface area (Å²) in [6.45, 7) is 4.65. The predicted octanol–water partition coefficient (Wildman–Crippen LogP) is 6.20. The number of anilines is 1. The summed E-state index contributed by atoms with van der Waals surface area (Å²) in [7, 11) is 0.